The van der Waals surface area contributed by atoms with Gasteiger partial charge < -0.3 is 19.6 Å². The Hall–Kier alpha value is -1.78. The first-order valence-electron chi connectivity index (χ1n) is 11.9. The number of methoxy groups -OCH3 is 1. The van der Waals surface area contributed by atoms with E-state index in [1.54, 1.807) is 39.0 Å². The topological polar surface area (TPSA) is 73.3 Å². The molecule has 2 heterocycles. The quantitative estimate of drug-likeness (QED) is 0.552. The van der Waals surface area contributed by atoms with Gasteiger partial charge in [0.05, 0.1) is 23.4 Å². The molecule has 0 radical (unpaired) electrons. The summed E-state index contributed by atoms with van der Waals surface area (Å²) in [6, 6.07) is 11.5. The number of likely N-dealkylation sites (tertiary alicyclic amines) is 1. The van der Waals surface area contributed by atoms with Crippen LogP contribution >= 0.6 is 11.8 Å². The molecule has 0 bridgehead atoms. The van der Waals surface area contributed by atoms with Crippen LogP contribution in [-0.2, 0) is 10.0 Å². The Balaban J connectivity index is 1.55. The van der Waals surface area contributed by atoms with Gasteiger partial charge in [0.25, 0.3) is 0 Å². The first-order chi connectivity index (χ1) is 16.3. The van der Waals surface area contributed by atoms with E-state index in [-0.39, 0.29) is 6.61 Å². The molecule has 0 saturated carbocycles. The van der Waals surface area contributed by atoms with Crippen LogP contribution in [0.1, 0.15) is 25.7 Å². The number of nitrogens with zero attached hydrogens (tertiary/aromatic N) is 3. The van der Waals surface area contributed by atoms with Gasteiger partial charge in [0.2, 0.25) is 10.0 Å². The van der Waals surface area contributed by atoms with Gasteiger partial charge in [0.1, 0.15) is 5.75 Å². The van der Waals surface area contributed by atoms with Crippen molar-refractivity contribution in [1.82, 2.24) is 9.21 Å². The Morgan fingerprint density at radius 3 is 2.50 bits per heavy atom. The summed E-state index contributed by atoms with van der Waals surface area (Å²) in [4.78, 5) is 7.23. The summed E-state index contributed by atoms with van der Waals surface area (Å²) in [6.45, 7) is 4.25. The molecule has 2 aromatic rings. The molecule has 34 heavy (non-hydrogen) atoms. The van der Waals surface area contributed by atoms with Crippen molar-refractivity contribution in [3.05, 3.63) is 36.4 Å². The van der Waals surface area contributed by atoms with Crippen LogP contribution in [0.5, 0.6) is 5.75 Å². The number of piperidine rings is 1. The molecule has 186 valence electrons. The molecule has 7 nitrogen and oxygen atoms in total. The van der Waals surface area contributed by atoms with Gasteiger partial charge in [-0.15, -0.1) is 0 Å². The Bertz CT molecular complexity index is 1100. The van der Waals surface area contributed by atoms with Crippen LogP contribution in [0.4, 0.5) is 11.4 Å². The monoisotopic (exact) mass is 505 g/mol. The highest BCUT2D eigenvalue weighted by Crippen LogP contribution is 2.49. The van der Waals surface area contributed by atoms with Crippen LogP contribution in [0, 0.1) is 5.92 Å². The predicted octanol–water partition coefficient (Wildman–Crippen LogP) is 4.03. The maximum absolute atomic E-state index is 12.8. The molecule has 2 aliphatic rings. The minimum absolute atomic E-state index is 0.284. The molecular formula is C25H35N3O4S2. The van der Waals surface area contributed by atoms with E-state index in [9.17, 15) is 13.5 Å². The van der Waals surface area contributed by atoms with Crippen LogP contribution < -0.4 is 9.64 Å². The first-order valence-corrected chi connectivity index (χ1v) is 14.1. The standard InChI is InChI=1S/C25H35N3O4S2/c1-26(2)34(30,31)21-6-8-24-23(18-21)28(22-7-5-20(32-3)17-25(22)33-24)13-4-12-27-14-9-19(10-15-27)11-16-29/h5-8,17-19,29H,4,9-16H2,1-3H3. The van der Waals surface area contributed by atoms with Crippen LogP contribution in [-0.4, -0.2) is 76.7 Å². The molecule has 0 atom stereocenters. The lowest BCUT2D eigenvalue weighted by atomic mass is 9.94. The number of hydrogen-bond acceptors (Lipinski definition) is 7. The van der Waals surface area contributed by atoms with Gasteiger partial charge in [-0.25, -0.2) is 12.7 Å². The Morgan fingerprint density at radius 2 is 1.82 bits per heavy atom. The zero-order chi connectivity index (χ0) is 24.3. The van der Waals surface area contributed by atoms with Crippen molar-refractivity contribution >= 4 is 33.2 Å². The molecule has 9 heteroatoms. The zero-order valence-corrected chi connectivity index (χ0v) is 21.9. The molecule has 0 amide bonds. The lowest BCUT2D eigenvalue weighted by Gasteiger charge is -2.35. The van der Waals surface area contributed by atoms with Gasteiger partial charge in [-0.1, -0.05) is 11.8 Å². The number of hydrogen-bond donors (Lipinski definition) is 1. The SMILES string of the molecule is COc1ccc2c(c1)Sc1ccc(S(=O)(=O)N(C)C)cc1N2CCCN1CCC(CCO)CC1. The fraction of sp³-hybridized carbons (Fsp3) is 0.520. The van der Waals surface area contributed by atoms with Crippen molar-refractivity contribution in [2.75, 3.05) is 58.9 Å². The van der Waals surface area contributed by atoms with Gasteiger partial charge in [-0.3, -0.25) is 0 Å². The third-order valence-corrected chi connectivity index (χ3v) is 9.70. The number of benzene rings is 2. The smallest absolute Gasteiger partial charge is 0.242 e. The van der Waals surface area contributed by atoms with Crippen molar-refractivity contribution in [2.45, 2.75) is 40.4 Å². The van der Waals surface area contributed by atoms with Gasteiger partial charge in [0.15, 0.2) is 0 Å². The van der Waals surface area contributed by atoms with Gasteiger partial charge >= 0.3 is 0 Å². The van der Waals surface area contributed by atoms with E-state index in [1.807, 2.05) is 24.3 Å². The predicted molar refractivity (Wildman–Crippen MR) is 137 cm³/mol. The maximum Gasteiger partial charge on any atom is 0.242 e. The third kappa shape index (κ3) is 5.39. The largest absolute Gasteiger partial charge is 0.497 e. The Labute approximate surface area is 207 Å². The summed E-state index contributed by atoms with van der Waals surface area (Å²) in [6.07, 6.45) is 4.19. The average Bonchev–Trinajstić information content (AvgIpc) is 2.84. The maximum atomic E-state index is 12.8. The second-order valence-electron chi connectivity index (χ2n) is 9.16. The molecule has 2 aliphatic heterocycles. The number of sulfonamides is 1. The lowest BCUT2D eigenvalue weighted by Crippen LogP contribution is -2.36. The van der Waals surface area contributed by atoms with E-state index in [2.05, 4.69) is 15.9 Å². The number of aliphatic hydroxyl groups excluding tert-OH is 1. The highest BCUT2D eigenvalue weighted by Gasteiger charge is 2.27. The second-order valence-corrected chi connectivity index (χ2v) is 12.4. The van der Waals surface area contributed by atoms with Gasteiger partial charge in [0, 0.05) is 37.0 Å². The van der Waals surface area contributed by atoms with Crippen molar-refractivity contribution < 1.29 is 18.3 Å². The van der Waals surface area contributed by atoms with Crippen molar-refractivity contribution in [1.29, 1.82) is 0 Å². The van der Waals surface area contributed by atoms with Crippen LogP contribution in [0.3, 0.4) is 0 Å². The van der Waals surface area contributed by atoms with Crippen molar-refractivity contribution in [2.24, 2.45) is 5.92 Å². The Kier molecular flexibility index (Phi) is 8.09. The molecule has 1 N–H and O–H groups in total. The van der Waals surface area contributed by atoms with E-state index in [4.69, 9.17) is 4.74 Å². The minimum atomic E-state index is -3.52. The van der Waals surface area contributed by atoms with Gasteiger partial charge in [-0.2, -0.15) is 0 Å². The number of aliphatic hydroxyl groups is 1. The normalized spacial score (nSPS) is 17.0. The summed E-state index contributed by atoms with van der Waals surface area (Å²) in [5, 5.41) is 9.19. The fourth-order valence-electron chi connectivity index (χ4n) is 4.71. The van der Waals surface area contributed by atoms with Crippen molar-refractivity contribution in [3.63, 3.8) is 0 Å². The molecular weight excluding hydrogens is 470 g/mol. The molecule has 0 unspecified atom stereocenters. The van der Waals surface area contributed by atoms with Crippen molar-refractivity contribution in [3.8, 4) is 5.75 Å². The summed E-state index contributed by atoms with van der Waals surface area (Å²) in [7, 11) is 1.28. The molecule has 4 rings (SSSR count). The second kappa shape index (κ2) is 10.9. The van der Waals surface area contributed by atoms with Crippen LogP contribution in [0.2, 0.25) is 0 Å². The number of rotatable bonds is 9. The highest BCUT2D eigenvalue weighted by molar-refractivity contribution is 7.99. The first kappa shape index (κ1) is 25.3. The van der Waals surface area contributed by atoms with E-state index in [1.165, 1.54) is 4.31 Å². The molecule has 2 aromatic carbocycles. The third-order valence-electron chi connectivity index (χ3n) is 6.78. The van der Waals surface area contributed by atoms with E-state index in [0.29, 0.717) is 10.8 Å². The fourth-order valence-corrected chi connectivity index (χ4v) is 6.74. The summed E-state index contributed by atoms with van der Waals surface area (Å²) in [5.41, 5.74) is 2.02. The summed E-state index contributed by atoms with van der Waals surface area (Å²) in [5.74, 6) is 1.46. The number of ether oxygens (including phenoxy) is 1. The summed E-state index contributed by atoms with van der Waals surface area (Å²) < 4.78 is 32.3. The number of anilines is 2. The molecule has 1 fully saturated rings. The zero-order valence-electron chi connectivity index (χ0n) is 20.2. The van der Waals surface area contributed by atoms with E-state index < -0.39 is 10.0 Å². The average molecular weight is 506 g/mol. The number of fused-ring (bicyclic) bond motifs is 2. The van der Waals surface area contributed by atoms with E-state index >= 15 is 0 Å². The minimum Gasteiger partial charge on any atom is -0.497 e. The van der Waals surface area contributed by atoms with Gasteiger partial charge in [-0.05, 0) is 87.6 Å². The Morgan fingerprint density at radius 1 is 1.06 bits per heavy atom. The summed E-state index contributed by atoms with van der Waals surface area (Å²) >= 11 is 1.65. The molecule has 0 aromatic heterocycles. The molecule has 0 aliphatic carbocycles. The lowest BCUT2D eigenvalue weighted by molar-refractivity contribution is 0.158. The highest BCUT2D eigenvalue weighted by atomic mass is 32.2. The van der Waals surface area contributed by atoms with Crippen LogP contribution in [0.15, 0.2) is 51.1 Å². The molecule has 1 saturated heterocycles. The molecule has 0 spiro atoms. The van der Waals surface area contributed by atoms with Crippen LogP contribution in [0.25, 0.3) is 0 Å². The van der Waals surface area contributed by atoms with E-state index in [0.717, 1.165) is 78.8 Å².